The van der Waals surface area contributed by atoms with Crippen LogP contribution < -0.4 is 0 Å². The number of benzene rings is 1. The molecule has 0 aromatic heterocycles. The second-order valence-electron chi connectivity index (χ2n) is 3.82. The van der Waals surface area contributed by atoms with E-state index in [1.165, 1.54) is 21.3 Å². The number of ether oxygens (including phenoxy) is 3. The molecule has 0 saturated heterocycles. The van der Waals surface area contributed by atoms with Crippen LogP contribution in [0.4, 0.5) is 0 Å². The van der Waals surface area contributed by atoms with Crippen LogP contribution >= 0.6 is 0 Å². The highest BCUT2D eigenvalue weighted by Gasteiger charge is 2.26. The monoisotopic (exact) mass is 254 g/mol. The Morgan fingerprint density at radius 1 is 1.17 bits per heavy atom. The van der Waals surface area contributed by atoms with Gasteiger partial charge in [0.25, 0.3) is 0 Å². The van der Waals surface area contributed by atoms with Crippen molar-refractivity contribution in [3.63, 3.8) is 0 Å². The van der Waals surface area contributed by atoms with Gasteiger partial charge in [-0.15, -0.1) is 0 Å². The minimum absolute atomic E-state index is 0.146. The molecule has 1 unspecified atom stereocenters. The van der Waals surface area contributed by atoms with Crippen LogP contribution in [-0.2, 0) is 19.0 Å². The van der Waals surface area contributed by atoms with Gasteiger partial charge in [0.15, 0.2) is 6.29 Å². The maximum Gasteiger partial charge on any atom is 0.306 e. The fraction of sp³-hybridized carbons (Fsp3) is 0.462. The Morgan fingerprint density at radius 2 is 1.72 bits per heavy atom. The smallest absolute Gasteiger partial charge is 0.306 e. The molecular formula is C13H18O5. The number of esters is 1. The first-order valence-electron chi connectivity index (χ1n) is 5.53. The van der Waals surface area contributed by atoms with E-state index in [1.54, 1.807) is 24.3 Å². The number of phenolic OH excluding ortho intramolecular Hbond substituents is 1. The number of hydrogen-bond donors (Lipinski definition) is 1. The van der Waals surface area contributed by atoms with Gasteiger partial charge in [0.1, 0.15) is 5.75 Å². The summed E-state index contributed by atoms with van der Waals surface area (Å²) < 4.78 is 15.1. The van der Waals surface area contributed by atoms with Crippen LogP contribution in [0.25, 0.3) is 0 Å². The lowest BCUT2D eigenvalue weighted by molar-refractivity contribution is -0.149. The highest BCUT2D eigenvalue weighted by molar-refractivity contribution is 5.70. The molecule has 1 rings (SSSR count). The summed E-state index contributed by atoms with van der Waals surface area (Å²) in [4.78, 5) is 11.4. The van der Waals surface area contributed by atoms with Crippen LogP contribution in [0.2, 0.25) is 0 Å². The highest BCUT2D eigenvalue weighted by atomic mass is 16.7. The van der Waals surface area contributed by atoms with Gasteiger partial charge in [-0.1, -0.05) is 12.1 Å². The summed E-state index contributed by atoms with van der Waals surface area (Å²) in [5.74, 6) is -0.456. The largest absolute Gasteiger partial charge is 0.508 e. The molecule has 18 heavy (non-hydrogen) atoms. The molecule has 1 atom stereocenters. The van der Waals surface area contributed by atoms with E-state index in [9.17, 15) is 9.90 Å². The van der Waals surface area contributed by atoms with E-state index in [-0.39, 0.29) is 24.1 Å². The summed E-state index contributed by atoms with van der Waals surface area (Å²) in [6.45, 7) is 0. The Bertz CT molecular complexity index is 369. The number of rotatable bonds is 6. The molecule has 0 bridgehead atoms. The molecule has 0 heterocycles. The Hall–Kier alpha value is -1.59. The van der Waals surface area contributed by atoms with Gasteiger partial charge in [0.05, 0.1) is 13.5 Å². The van der Waals surface area contributed by atoms with Crippen molar-refractivity contribution < 1.29 is 24.1 Å². The number of phenols is 1. The lowest BCUT2D eigenvalue weighted by atomic mass is 9.95. The summed E-state index contributed by atoms with van der Waals surface area (Å²) in [5, 5.41) is 9.27. The fourth-order valence-corrected chi connectivity index (χ4v) is 1.78. The van der Waals surface area contributed by atoms with Crippen molar-refractivity contribution in [2.45, 2.75) is 18.6 Å². The quantitative estimate of drug-likeness (QED) is 0.617. The fourth-order valence-electron chi connectivity index (χ4n) is 1.78. The van der Waals surface area contributed by atoms with Gasteiger partial charge in [-0.3, -0.25) is 4.79 Å². The van der Waals surface area contributed by atoms with E-state index in [2.05, 4.69) is 4.74 Å². The Labute approximate surface area is 106 Å². The third-order valence-electron chi connectivity index (χ3n) is 2.73. The van der Waals surface area contributed by atoms with Crippen molar-refractivity contribution in [3.05, 3.63) is 29.8 Å². The first-order valence-corrected chi connectivity index (χ1v) is 5.53. The van der Waals surface area contributed by atoms with Gasteiger partial charge in [-0.2, -0.15) is 0 Å². The van der Waals surface area contributed by atoms with Crippen LogP contribution in [0, 0.1) is 0 Å². The molecule has 0 aliphatic carbocycles. The van der Waals surface area contributed by atoms with Gasteiger partial charge in [-0.05, 0) is 17.7 Å². The first kappa shape index (κ1) is 14.5. The van der Waals surface area contributed by atoms with Gasteiger partial charge < -0.3 is 19.3 Å². The zero-order valence-electron chi connectivity index (χ0n) is 10.8. The average molecular weight is 254 g/mol. The zero-order valence-corrected chi connectivity index (χ0v) is 10.8. The minimum Gasteiger partial charge on any atom is -0.508 e. The maximum atomic E-state index is 11.4. The predicted octanol–water partition coefficient (Wildman–Crippen LogP) is 1.66. The number of carbonyl (C=O) groups excluding carboxylic acids is 1. The maximum absolute atomic E-state index is 11.4. The average Bonchev–Trinajstić information content (AvgIpc) is 2.39. The van der Waals surface area contributed by atoms with Gasteiger partial charge >= 0.3 is 5.97 Å². The number of hydrogen-bond acceptors (Lipinski definition) is 5. The lowest BCUT2D eigenvalue weighted by Crippen LogP contribution is -2.25. The molecule has 0 saturated carbocycles. The lowest BCUT2D eigenvalue weighted by Gasteiger charge is -2.24. The van der Waals surface area contributed by atoms with E-state index in [0.29, 0.717) is 0 Å². The van der Waals surface area contributed by atoms with E-state index < -0.39 is 6.29 Å². The number of methoxy groups -OCH3 is 3. The predicted molar refractivity (Wildman–Crippen MR) is 65.3 cm³/mol. The molecule has 0 aliphatic rings. The summed E-state index contributed by atoms with van der Waals surface area (Å²) >= 11 is 0. The molecule has 0 aliphatic heterocycles. The van der Waals surface area contributed by atoms with Crippen molar-refractivity contribution in [2.24, 2.45) is 0 Å². The molecule has 1 N–H and O–H groups in total. The summed E-state index contributed by atoms with van der Waals surface area (Å²) in [6, 6.07) is 6.58. The SMILES string of the molecule is COC(=O)CC(c1ccc(O)cc1)C(OC)OC. The second-order valence-corrected chi connectivity index (χ2v) is 3.82. The molecule has 0 fully saturated rings. The van der Waals surface area contributed by atoms with Gasteiger partial charge in [0, 0.05) is 20.1 Å². The summed E-state index contributed by atoms with van der Waals surface area (Å²) in [6.07, 6.45) is -0.401. The molecule has 0 spiro atoms. The Balaban J connectivity index is 2.95. The highest BCUT2D eigenvalue weighted by Crippen LogP contribution is 2.27. The molecule has 0 radical (unpaired) electrons. The van der Waals surface area contributed by atoms with Crippen LogP contribution in [0.15, 0.2) is 24.3 Å². The summed E-state index contributed by atoms with van der Waals surface area (Å²) in [5.41, 5.74) is 0.840. The van der Waals surface area contributed by atoms with E-state index >= 15 is 0 Å². The molecule has 100 valence electrons. The third kappa shape index (κ3) is 3.72. The second kappa shape index (κ2) is 6.98. The molecule has 5 heteroatoms. The third-order valence-corrected chi connectivity index (χ3v) is 2.73. The molecule has 1 aromatic rings. The number of aromatic hydroxyl groups is 1. The van der Waals surface area contributed by atoms with Crippen molar-refractivity contribution >= 4 is 5.97 Å². The summed E-state index contributed by atoms with van der Waals surface area (Å²) in [7, 11) is 4.36. The van der Waals surface area contributed by atoms with Gasteiger partial charge in [0.2, 0.25) is 0 Å². The Kier molecular flexibility index (Phi) is 5.61. The van der Waals surface area contributed by atoms with Crippen molar-refractivity contribution in [2.75, 3.05) is 21.3 Å². The normalized spacial score (nSPS) is 12.4. The zero-order chi connectivity index (χ0) is 13.5. The van der Waals surface area contributed by atoms with Crippen molar-refractivity contribution in [1.29, 1.82) is 0 Å². The standard InChI is InChI=1S/C13H18O5/c1-16-12(15)8-11(13(17-2)18-3)9-4-6-10(14)7-5-9/h4-7,11,13-14H,8H2,1-3H3. The van der Waals surface area contributed by atoms with Crippen molar-refractivity contribution in [1.82, 2.24) is 0 Å². The minimum atomic E-state index is -0.548. The van der Waals surface area contributed by atoms with Crippen LogP contribution in [-0.4, -0.2) is 38.7 Å². The van der Waals surface area contributed by atoms with E-state index in [1.807, 2.05) is 0 Å². The van der Waals surface area contributed by atoms with Crippen LogP contribution in [0.1, 0.15) is 17.9 Å². The van der Waals surface area contributed by atoms with Crippen LogP contribution in [0.3, 0.4) is 0 Å². The first-order chi connectivity index (χ1) is 8.62. The Morgan fingerprint density at radius 3 is 2.17 bits per heavy atom. The van der Waals surface area contributed by atoms with Gasteiger partial charge in [-0.25, -0.2) is 0 Å². The molecular weight excluding hydrogens is 236 g/mol. The molecule has 5 nitrogen and oxygen atoms in total. The van der Waals surface area contributed by atoms with Crippen molar-refractivity contribution in [3.8, 4) is 5.75 Å². The van der Waals surface area contributed by atoms with E-state index in [4.69, 9.17) is 9.47 Å². The van der Waals surface area contributed by atoms with Crippen LogP contribution in [0.5, 0.6) is 5.75 Å². The number of carbonyl (C=O) groups is 1. The topological polar surface area (TPSA) is 65.0 Å². The van der Waals surface area contributed by atoms with E-state index in [0.717, 1.165) is 5.56 Å². The molecule has 0 amide bonds. The molecule has 1 aromatic carbocycles.